The van der Waals surface area contributed by atoms with E-state index in [9.17, 15) is 4.79 Å². The zero-order chi connectivity index (χ0) is 17.5. The smallest absolute Gasteiger partial charge is 0.252 e. The maximum absolute atomic E-state index is 12.7. The van der Waals surface area contributed by atoms with Gasteiger partial charge >= 0.3 is 0 Å². The third kappa shape index (κ3) is 5.89. The van der Waals surface area contributed by atoms with Crippen molar-refractivity contribution in [1.82, 2.24) is 20.6 Å². The molecule has 2 heterocycles. The van der Waals surface area contributed by atoms with E-state index in [4.69, 9.17) is 0 Å². The van der Waals surface area contributed by atoms with Gasteiger partial charge in [0.1, 0.15) is 0 Å². The van der Waals surface area contributed by atoms with E-state index in [2.05, 4.69) is 27.5 Å². The fourth-order valence-electron chi connectivity index (χ4n) is 2.69. The van der Waals surface area contributed by atoms with Gasteiger partial charge in [0.2, 0.25) is 0 Å². The fourth-order valence-corrected chi connectivity index (χ4v) is 2.69. The van der Waals surface area contributed by atoms with Crippen molar-refractivity contribution in [3.05, 3.63) is 60.4 Å². The normalized spacial score (nSPS) is 9.96. The van der Waals surface area contributed by atoms with Crippen molar-refractivity contribution >= 4 is 41.6 Å². The number of fused-ring (bicyclic) bond motifs is 1. The molecular weight excluding hydrogens is 383 g/mol. The van der Waals surface area contributed by atoms with Gasteiger partial charge in [-0.1, -0.05) is 25.1 Å². The Morgan fingerprint density at radius 3 is 2.59 bits per heavy atom. The van der Waals surface area contributed by atoms with Crippen molar-refractivity contribution in [1.29, 1.82) is 0 Å². The Bertz CT molecular complexity index is 859. The summed E-state index contributed by atoms with van der Waals surface area (Å²) in [4.78, 5) is 21.5. The SMILES string of the molecule is CCCNCCNC(=O)c1cc(-c2cccnc2)nc2ccccc12.Cl.Cl. The van der Waals surface area contributed by atoms with Crippen molar-refractivity contribution in [3.63, 3.8) is 0 Å². The van der Waals surface area contributed by atoms with Gasteiger partial charge in [0, 0.05) is 36.4 Å². The Kier molecular flexibility index (Phi) is 9.72. The molecule has 0 saturated heterocycles. The van der Waals surface area contributed by atoms with Gasteiger partial charge < -0.3 is 10.6 Å². The highest BCUT2D eigenvalue weighted by Gasteiger charge is 2.13. The van der Waals surface area contributed by atoms with Crippen molar-refractivity contribution < 1.29 is 4.79 Å². The van der Waals surface area contributed by atoms with Gasteiger partial charge in [-0.25, -0.2) is 4.98 Å². The number of aromatic nitrogens is 2. The number of hydrogen-bond donors (Lipinski definition) is 2. The lowest BCUT2D eigenvalue weighted by molar-refractivity contribution is 0.0955. The van der Waals surface area contributed by atoms with Crippen molar-refractivity contribution in [3.8, 4) is 11.3 Å². The van der Waals surface area contributed by atoms with E-state index in [0.717, 1.165) is 41.7 Å². The van der Waals surface area contributed by atoms with Gasteiger partial charge in [0.15, 0.2) is 0 Å². The number of rotatable bonds is 7. The van der Waals surface area contributed by atoms with Gasteiger partial charge in [-0.3, -0.25) is 9.78 Å². The first-order valence-electron chi connectivity index (χ1n) is 8.58. The van der Waals surface area contributed by atoms with Crippen LogP contribution in [0.3, 0.4) is 0 Å². The third-order valence-electron chi connectivity index (χ3n) is 3.93. The number of halogens is 2. The van der Waals surface area contributed by atoms with Crippen LogP contribution in [0, 0.1) is 0 Å². The lowest BCUT2D eigenvalue weighted by atomic mass is 10.0. The molecule has 2 aromatic heterocycles. The van der Waals surface area contributed by atoms with Crippen LogP contribution in [0.5, 0.6) is 0 Å². The minimum Gasteiger partial charge on any atom is -0.351 e. The number of amides is 1. The molecule has 0 bridgehead atoms. The quantitative estimate of drug-likeness (QED) is 0.584. The highest BCUT2D eigenvalue weighted by Crippen LogP contribution is 2.24. The number of benzene rings is 1. The van der Waals surface area contributed by atoms with Crippen LogP contribution >= 0.6 is 24.8 Å². The second-order valence-corrected chi connectivity index (χ2v) is 5.82. The van der Waals surface area contributed by atoms with Gasteiger partial charge in [-0.15, -0.1) is 24.8 Å². The Morgan fingerprint density at radius 2 is 1.85 bits per heavy atom. The van der Waals surface area contributed by atoms with Crippen molar-refractivity contribution in [2.24, 2.45) is 0 Å². The number of carbonyl (C=O) groups excluding carboxylic acids is 1. The molecule has 27 heavy (non-hydrogen) atoms. The highest BCUT2D eigenvalue weighted by atomic mass is 35.5. The van der Waals surface area contributed by atoms with Crippen LogP contribution in [-0.2, 0) is 0 Å². The minimum absolute atomic E-state index is 0. The summed E-state index contributed by atoms with van der Waals surface area (Å²) in [6.07, 6.45) is 4.56. The molecule has 7 heteroatoms. The van der Waals surface area contributed by atoms with Crippen LogP contribution in [0.25, 0.3) is 22.2 Å². The van der Waals surface area contributed by atoms with E-state index in [1.807, 2.05) is 42.5 Å². The van der Waals surface area contributed by atoms with E-state index in [1.165, 1.54) is 0 Å². The van der Waals surface area contributed by atoms with Gasteiger partial charge in [-0.05, 0) is 37.2 Å². The topological polar surface area (TPSA) is 66.9 Å². The summed E-state index contributed by atoms with van der Waals surface area (Å²) in [7, 11) is 0. The predicted molar refractivity (Wildman–Crippen MR) is 115 cm³/mol. The van der Waals surface area contributed by atoms with Crippen LogP contribution in [-0.4, -0.2) is 35.5 Å². The maximum atomic E-state index is 12.7. The average molecular weight is 407 g/mol. The Morgan fingerprint density at radius 1 is 1.04 bits per heavy atom. The maximum Gasteiger partial charge on any atom is 0.252 e. The summed E-state index contributed by atoms with van der Waals surface area (Å²) in [5.41, 5.74) is 3.09. The summed E-state index contributed by atoms with van der Waals surface area (Å²) in [5, 5.41) is 7.12. The molecule has 3 aromatic rings. The van der Waals surface area contributed by atoms with Crippen LogP contribution in [0.4, 0.5) is 0 Å². The zero-order valence-electron chi connectivity index (χ0n) is 15.1. The standard InChI is InChI=1S/C20H22N4O.2ClH/c1-2-9-21-11-12-23-20(25)17-13-19(15-6-5-10-22-14-15)24-18-8-4-3-7-16(17)18;;/h3-8,10,13-14,21H,2,9,11-12H2,1H3,(H,23,25);2*1H. The molecule has 0 aliphatic carbocycles. The van der Waals surface area contributed by atoms with Crippen molar-refractivity contribution in [2.75, 3.05) is 19.6 Å². The summed E-state index contributed by atoms with van der Waals surface area (Å²) >= 11 is 0. The average Bonchev–Trinajstić information content (AvgIpc) is 2.67. The van der Waals surface area contributed by atoms with Crippen LogP contribution in [0.1, 0.15) is 23.7 Å². The molecular formula is C20H24Cl2N4O. The number of carbonyl (C=O) groups is 1. The molecule has 0 saturated carbocycles. The number of nitrogens with one attached hydrogen (secondary N) is 2. The predicted octanol–water partition coefficient (Wildman–Crippen LogP) is 3.87. The van der Waals surface area contributed by atoms with Crippen LogP contribution in [0.15, 0.2) is 54.9 Å². The van der Waals surface area contributed by atoms with E-state index < -0.39 is 0 Å². The molecule has 0 spiro atoms. The fraction of sp³-hybridized carbons (Fsp3) is 0.250. The van der Waals surface area contributed by atoms with E-state index >= 15 is 0 Å². The van der Waals surface area contributed by atoms with E-state index in [0.29, 0.717) is 12.1 Å². The lowest BCUT2D eigenvalue weighted by Crippen LogP contribution is -2.32. The molecule has 0 fully saturated rings. The summed E-state index contributed by atoms with van der Waals surface area (Å²) in [6, 6.07) is 13.4. The van der Waals surface area contributed by atoms with Crippen LogP contribution < -0.4 is 10.6 Å². The zero-order valence-corrected chi connectivity index (χ0v) is 16.8. The largest absolute Gasteiger partial charge is 0.351 e. The molecule has 0 unspecified atom stereocenters. The summed E-state index contributed by atoms with van der Waals surface area (Å²) in [6.45, 7) is 4.43. The number of pyridine rings is 2. The van der Waals surface area contributed by atoms with Gasteiger partial charge in [0.25, 0.3) is 5.91 Å². The van der Waals surface area contributed by atoms with Gasteiger partial charge in [-0.2, -0.15) is 0 Å². The molecule has 2 N–H and O–H groups in total. The molecule has 5 nitrogen and oxygen atoms in total. The first-order valence-corrected chi connectivity index (χ1v) is 8.58. The molecule has 0 atom stereocenters. The van der Waals surface area contributed by atoms with Gasteiger partial charge in [0.05, 0.1) is 16.8 Å². The number of hydrogen-bond acceptors (Lipinski definition) is 4. The van der Waals surface area contributed by atoms with E-state index in [-0.39, 0.29) is 30.7 Å². The second kappa shape index (κ2) is 11.5. The first-order chi connectivity index (χ1) is 12.3. The summed E-state index contributed by atoms with van der Waals surface area (Å²) < 4.78 is 0. The number of nitrogens with zero attached hydrogens (tertiary/aromatic N) is 2. The molecule has 0 aliphatic rings. The Hall–Kier alpha value is -2.21. The summed E-state index contributed by atoms with van der Waals surface area (Å²) in [5.74, 6) is -0.0814. The molecule has 0 aliphatic heterocycles. The Labute approximate surface area is 171 Å². The van der Waals surface area contributed by atoms with Crippen LogP contribution in [0.2, 0.25) is 0 Å². The molecule has 3 rings (SSSR count). The molecule has 1 amide bonds. The Balaban J connectivity index is 0.00000182. The monoisotopic (exact) mass is 406 g/mol. The first kappa shape index (κ1) is 22.8. The minimum atomic E-state index is -0.0814. The molecule has 0 radical (unpaired) electrons. The second-order valence-electron chi connectivity index (χ2n) is 5.82. The highest BCUT2D eigenvalue weighted by molar-refractivity contribution is 6.07. The van der Waals surface area contributed by atoms with Crippen molar-refractivity contribution in [2.45, 2.75) is 13.3 Å². The lowest BCUT2D eigenvalue weighted by Gasteiger charge is -2.11. The number of para-hydroxylation sites is 1. The molecule has 144 valence electrons. The third-order valence-corrected chi connectivity index (χ3v) is 3.93. The van der Waals surface area contributed by atoms with E-state index in [1.54, 1.807) is 12.4 Å². The molecule has 1 aromatic carbocycles.